The Labute approximate surface area is 99.9 Å². The largest absolute Gasteiger partial charge is 0.439 e. The van der Waals surface area contributed by atoms with Gasteiger partial charge in [-0.25, -0.2) is 4.98 Å². The number of fused-ring (bicyclic) bond motifs is 1. The predicted octanol–water partition coefficient (Wildman–Crippen LogP) is 1.78. The number of aromatic nitrogens is 1. The molecular weight excluding hydrogens is 216 g/mol. The lowest BCUT2D eigenvalue weighted by Gasteiger charge is -2.28. The van der Waals surface area contributed by atoms with E-state index in [0.717, 1.165) is 42.9 Å². The van der Waals surface area contributed by atoms with Crippen molar-refractivity contribution in [2.24, 2.45) is 0 Å². The van der Waals surface area contributed by atoms with Crippen molar-refractivity contribution in [3.63, 3.8) is 0 Å². The van der Waals surface area contributed by atoms with Gasteiger partial charge in [-0.3, -0.25) is 4.90 Å². The summed E-state index contributed by atoms with van der Waals surface area (Å²) in [5.41, 5.74) is 1.74. The normalized spacial score (nSPS) is 22.1. The summed E-state index contributed by atoms with van der Waals surface area (Å²) in [5.74, 6) is 0.736. The Balaban J connectivity index is 1.75. The van der Waals surface area contributed by atoms with E-state index in [2.05, 4.69) is 9.88 Å². The second-order valence-electron chi connectivity index (χ2n) is 4.61. The lowest BCUT2D eigenvalue weighted by molar-refractivity contribution is 0.0627. The number of likely N-dealkylation sites (tertiary alicyclic amines) is 1. The molecule has 1 aromatic carbocycles. The van der Waals surface area contributed by atoms with Crippen LogP contribution in [0.4, 0.5) is 0 Å². The Bertz CT molecular complexity index is 476. The number of hydrogen-bond donors (Lipinski definition) is 1. The van der Waals surface area contributed by atoms with Gasteiger partial charge in [0, 0.05) is 6.54 Å². The zero-order chi connectivity index (χ0) is 11.7. The summed E-state index contributed by atoms with van der Waals surface area (Å²) in [5, 5.41) is 9.60. The summed E-state index contributed by atoms with van der Waals surface area (Å²) in [7, 11) is 0. The number of para-hydroxylation sites is 2. The number of β-amino-alcohol motifs (C(OH)–C–C–N with tert-alkyl or cyclic N) is 1. The zero-order valence-electron chi connectivity index (χ0n) is 9.67. The van der Waals surface area contributed by atoms with Gasteiger partial charge in [-0.05, 0) is 31.5 Å². The van der Waals surface area contributed by atoms with E-state index in [1.807, 2.05) is 24.3 Å². The lowest BCUT2D eigenvalue weighted by atomic mass is 10.1. The summed E-state index contributed by atoms with van der Waals surface area (Å²) >= 11 is 0. The highest BCUT2D eigenvalue weighted by atomic mass is 16.3. The summed E-state index contributed by atoms with van der Waals surface area (Å²) in [4.78, 5) is 6.64. The Morgan fingerprint density at radius 2 is 2.29 bits per heavy atom. The minimum atomic E-state index is -0.201. The van der Waals surface area contributed by atoms with E-state index < -0.39 is 0 Å². The van der Waals surface area contributed by atoms with Gasteiger partial charge in [-0.1, -0.05) is 12.1 Å². The van der Waals surface area contributed by atoms with Crippen molar-refractivity contribution < 1.29 is 9.52 Å². The van der Waals surface area contributed by atoms with Crippen molar-refractivity contribution in [2.45, 2.75) is 25.5 Å². The van der Waals surface area contributed by atoms with Crippen LogP contribution in [0.1, 0.15) is 18.7 Å². The number of hydrogen-bond acceptors (Lipinski definition) is 4. The predicted molar refractivity (Wildman–Crippen MR) is 64.5 cm³/mol. The Kier molecular flexibility index (Phi) is 2.82. The third kappa shape index (κ3) is 2.33. The highest BCUT2D eigenvalue weighted by Crippen LogP contribution is 2.18. The molecule has 17 heavy (non-hydrogen) atoms. The van der Waals surface area contributed by atoms with Crippen LogP contribution < -0.4 is 0 Å². The van der Waals surface area contributed by atoms with Crippen molar-refractivity contribution in [2.75, 3.05) is 13.1 Å². The van der Waals surface area contributed by atoms with E-state index in [1.54, 1.807) is 0 Å². The summed E-state index contributed by atoms with van der Waals surface area (Å²) in [6.07, 6.45) is 1.75. The van der Waals surface area contributed by atoms with Gasteiger partial charge in [0.05, 0.1) is 12.6 Å². The number of oxazole rings is 1. The third-order valence-electron chi connectivity index (χ3n) is 3.18. The molecule has 0 radical (unpaired) electrons. The minimum Gasteiger partial charge on any atom is -0.439 e. The topological polar surface area (TPSA) is 49.5 Å². The number of aliphatic hydroxyl groups excluding tert-OH is 1. The number of benzene rings is 1. The molecule has 2 heterocycles. The molecule has 1 saturated heterocycles. The first-order valence-electron chi connectivity index (χ1n) is 6.06. The van der Waals surface area contributed by atoms with Crippen LogP contribution in [0.2, 0.25) is 0 Å². The molecule has 0 spiro atoms. The average Bonchev–Trinajstić information content (AvgIpc) is 2.71. The Morgan fingerprint density at radius 3 is 3.12 bits per heavy atom. The summed E-state index contributed by atoms with van der Waals surface area (Å²) in [6, 6.07) is 7.78. The molecule has 1 N–H and O–H groups in total. The fraction of sp³-hybridized carbons (Fsp3) is 0.462. The monoisotopic (exact) mass is 232 g/mol. The average molecular weight is 232 g/mol. The molecule has 0 unspecified atom stereocenters. The third-order valence-corrected chi connectivity index (χ3v) is 3.18. The fourth-order valence-electron chi connectivity index (χ4n) is 2.35. The van der Waals surface area contributed by atoms with E-state index in [0.29, 0.717) is 6.54 Å². The van der Waals surface area contributed by atoms with E-state index in [9.17, 15) is 5.11 Å². The molecular formula is C13H16N2O2. The van der Waals surface area contributed by atoms with Crippen molar-refractivity contribution in [1.29, 1.82) is 0 Å². The van der Waals surface area contributed by atoms with Gasteiger partial charge < -0.3 is 9.52 Å². The minimum absolute atomic E-state index is 0.201. The van der Waals surface area contributed by atoms with Gasteiger partial charge in [0.1, 0.15) is 5.52 Å². The van der Waals surface area contributed by atoms with Gasteiger partial charge in [0.2, 0.25) is 5.89 Å². The van der Waals surface area contributed by atoms with Gasteiger partial charge in [0.25, 0.3) is 0 Å². The highest BCUT2D eigenvalue weighted by Gasteiger charge is 2.19. The van der Waals surface area contributed by atoms with Gasteiger partial charge in [0.15, 0.2) is 5.58 Å². The zero-order valence-corrected chi connectivity index (χ0v) is 9.67. The fourth-order valence-corrected chi connectivity index (χ4v) is 2.35. The summed E-state index contributed by atoms with van der Waals surface area (Å²) < 4.78 is 5.67. The molecule has 1 aromatic heterocycles. The van der Waals surface area contributed by atoms with Crippen LogP contribution in [0, 0.1) is 0 Å². The molecule has 4 nitrogen and oxygen atoms in total. The van der Waals surface area contributed by atoms with E-state index in [-0.39, 0.29) is 6.10 Å². The van der Waals surface area contributed by atoms with Crippen molar-refractivity contribution in [1.82, 2.24) is 9.88 Å². The maximum Gasteiger partial charge on any atom is 0.209 e. The molecule has 0 saturated carbocycles. The molecule has 0 aliphatic carbocycles. The molecule has 2 aromatic rings. The maximum absolute atomic E-state index is 9.60. The number of rotatable bonds is 2. The van der Waals surface area contributed by atoms with Crippen molar-refractivity contribution >= 4 is 11.1 Å². The Morgan fingerprint density at radius 1 is 1.41 bits per heavy atom. The van der Waals surface area contributed by atoms with Crippen LogP contribution in [-0.2, 0) is 6.54 Å². The quantitative estimate of drug-likeness (QED) is 0.857. The Hall–Kier alpha value is -1.39. The molecule has 0 amide bonds. The van der Waals surface area contributed by atoms with Crippen LogP contribution in [0.25, 0.3) is 11.1 Å². The molecule has 3 rings (SSSR count). The number of piperidine rings is 1. The standard InChI is InChI=1S/C13H16N2O2/c16-10-4-3-7-15(8-10)9-13-14-11-5-1-2-6-12(11)17-13/h1-2,5-6,10,16H,3-4,7-9H2/t10-/m0/s1. The van der Waals surface area contributed by atoms with Gasteiger partial charge in [-0.15, -0.1) is 0 Å². The number of aliphatic hydroxyl groups is 1. The summed E-state index contributed by atoms with van der Waals surface area (Å²) in [6.45, 7) is 2.42. The van der Waals surface area contributed by atoms with Gasteiger partial charge in [-0.2, -0.15) is 0 Å². The second kappa shape index (κ2) is 4.47. The van der Waals surface area contributed by atoms with Crippen LogP contribution in [0.3, 0.4) is 0 Å². The number of nitrogens with zero attached hydrogens (tertiary/aromatic N) is 2. The lowest BCUT2D eigenvalue weighted by Crippen LogP contribution is -2.37. The first kappa shape index (κ1) is 10.7. The molecule has 90 valence electrons. The van der Waals surface area contributed by atoms with Crippen LogP contribution in [0.5, 0.6) is 0 Å². The first-order chi connectivity index (χ1) is 8.31. The molecule has 0 bridgehead atoms. The van der Waals surface area contributed by atoms with Crippen LogP contribution in [-0.4, -0.2) is 34.2 Å². The molecule has 1 aliphatic rings. The maximum atomic E-state index is 9.60. The van der Waals surface area contributed by atoms with Crippen molar-refractivity contribution in [3.8, 4) is 0 Å². The first-order valence-corrected chi connectivity index (χ1v) is 6.06. The van der Waals surface area contributed by atoms with E-state index in [1.165, 1.54) is 0 Å². The van der Waals surface area contributed by atoms with E-state index in [4.69, 9.17) is 4.42 Å². The second-order valence-corrected chi connectivity index (χ2v) is 4.61. The smallest absolute Gasteiger partial charge is 0.209 e. The molecule has 4 heteroatoms. The van der Waals surface area contributed by atoms with Gasteiger partial charge >= 0.3 is 0 Å². The van der Waals surface area contributed by atoms with Crippen molar-refractivity contribution in [3.05, 3.63) is 30.2 Å². The molecule has 1 atom stereocenters. The van der Waals surface area contributed by atoms with Crippen LogP contribution in [0.15, 0.2) is 28.7 Å². The SMILES string of the molecule is O[C@H]1CCCN(Cc2nc3ccccc3o2)C1. The highest BCUT2D eigenvalue weighted by molar-refractivity contribution is 5.72. The van der Waals surface area contributed by atoms with Crippen LogP contribution >= 0.6 is 0 Å². The molecule has 1 fully saturated rings. The van der Waals surface area contributed by atoms with E-state index >= 15 is 0 Å². The molecule has 1 aliphatic heterocycles.